The number of benzene rings is 1. The van der Waals surface area contributed by atoms with Crippen molar-refractivity contribution < 1.29 is 4.39 Å². The molecule has 4 nitrogen and oxygen atoms in total. The summed E-state index contributed by atoms with van der Waals surface area (Å²) in [6.45, 7) is 2.66. The van der Waals surface area contributed by atoms with Crippen LogP contribution >= 0.6 is 0 Å². The topological polar surface area (TPSA) is 50.7 Å². The first-order chi connectivity index (χ1) is 11.2. The van der Waals surface area contributed by atoms with Crippen LogP contribution in [-0.2, 0) is 6.42 Å². The van der Waals surface area contributed by atoms with E-state index in [2.05, 4.69) is 20.3 Å². The molecule has 5 heteroatoms. The molecule has 2 aromatic heterocycles. The van der Waals surface area contributed by atoms with Gasteiger partial charge in [0.05, 0.1) is 0 Å². The Balaban J connectivity index is 1.68. The first kappa shape index (κ1) is 15.1. The second kappa shape index (κ2) is 6.96. The fraction of sp³-hybridized carbons (Fsp3) is 0.167. The fourth-order valence-corrected chi connectivity index (χ4v) is 2.28. The summed E-state index contributed by atoms with van der Waals surface area (Å²) < 4.78 is 12.9. The maximum absolute atomic E-state index is 12.9. The molecule has 0 fully saturated rings. The largest absolute Gasteiger partial charge is 0.370 e. The van der Waals surface area contributed by atoms with E-state index in [4.69, 9.17) is 0 Å². The van der Waals surface area contributed by atoms with E-state index in [0.29, 0.717) is 5.82 Å². The van der Waals surface area contributed by atoms with E-state index in [1.54, 1.807) is 24.5 Å². The SMILES string of the molecule is Cc1cc(NCCc2ccc(F)cc2)nc(-c2ccncc2)n1. The molecule has 1 N–H and O–H groups in total. The number of halogens is 1. The minimum atomic E-state index is -0.213. The molecule has 0 aliphatic heterocycles. The molecule has 0 aliphatic carbocycles. The van der Waals surface area contributed by atoms with Gasteiger partial charge in [-0.25, -0.2) is 14.4 Å². The van der Waals surface area contributed by atoms with E-state index in [1.807, 2.05) is 25.1 Å². The molecule has 0 aliphatic rings. The second-order valence-corrected chi connectivity index (χ2v) is 5.26. The highest BCUT2D eigenvalue weighted by Crippen LogP contribution is 2.17. The number of rotatable bonds is 5. The zero-order chi connectivity index (χ0) is 16.1. The number of hydrogen-bond donors (Lipinski definition) is 1. The van der Waals surface area contributed by atoms with Crippen molar-refractivity contribution in [2.24, 2.45) is 0 Å². The number of hydrogen-bond acceptors (Lipinski definition) is 4. The monoisotopic (exact) mass is 308 g/mol. The van der Waals surface area contributed by atoms with E-state index in [1.165, 1.54) is 12.1 Å². The maximum atomic E-state index is 12.9. The van der Waals surface area contributed by atoms with Gasteiger partial charge in [-0.15, -0.1) is 0 Å². The lowest BCUT2D eigenvalue weighted by molar-refractivity contribution is 0.627. The molecule has 116 valence electrons. The van der Waals surface area contributed by atoms with Crippen molar-refractivity contribution in [1.29, 1.82) is 0 Å². The van der Waals surface area contributed by atoms with Gasteiger partial charge in [-0.2, -0.15) is 0 Å². The van der Waals surface area contributed by atoms with Gasteiger partial charge in [-0.05, 0) is 43.2 Å². The van der Waals surface area contributed by atoms with Crippen LogP contribution in [0.5, 0.6) is 0 Å². The summed E-state index contributed by atoms with van der Waals surface area (Å²) in [5, 5.41) is 3.30. The zero-order valence-electron chi connectivity index (χ0n) is 12.8. The summed E-state index contributed by atoms with van der Waals surface area (Å²) in [5.41, 5.74) is 2.92. The van der Waals surface area contributed by atoms with Crippen molar-refractivity contribution in [3.05, 3.63) is 71.9 Å². The molecular weight excluding hydrogens is 291 g/mol. The van der Waals surface area contributed by atoms with Crippen LogP contribution in [0.2, 0.25) is 0 Å². The average molecular weight is 308 g/mol. The first-order valence-electron chi connectivity index (χ1n) is 7.45. The van der Waals surface area contributed by atoms with Crippen LogP contribution in [0.4, 0.5) is 10.2 Å². The summed E-state index contributed by atoms with van der Waals surface area (Å²) in [5.74, 6) is 1.25. The predicted octanol–water partition coefficient (Wildman–Crippen LogP) is 3.64. The molecule has 0 atom stereocenters. The minimum Gasteiger partial charge on any atom is -0.370 e. The van der Waals surface area contributed by atoms with E-state index in [9.17, 15) is 4.39 Å². The van der Waals surface area contributed by atoms with Crippen LogP contribution in [-0.4, -0.2) is 21.5 Å². The molecular formula is C18H17FN4. The Bertz CT molecular complexity index is 773. The van der Waals surface area contributed by atoms with Gasteiger partial charge >= 0.3 is 0 Å². The van der Waals surface area contributed by atoms with E-state index >= 15 is 0 Å². The molecule has 0 saturated heterocycles. The van der Waals surface area contributed by atoms with Gasteiger partial charge in [-0.3, -0.25) is 4.98 Å². The van der Waals surface area contributed by atoms with Crippen molar-refractivity contribution in [2.75, 3.05) is 11.9 Å². The summed E-state index contributed by atoms with van der Waals surface area (Å²) in [7, 11) is 0. The summed E-state index contributed by atoms with van der Waals surface area (Å²) in [6, 6.07) is 12.2. The Hall–Kier alpha value is -2.82. The number of anilines is 1. The molecule has 3 rings (SSSR count). The predicted molar refractivity (Wildman–Crippen MR) is 88.6 cm³/mol. The molecule has 3 aromatic rings. The van der Waals surface area contributed by atoms with Crippen LogP contribution in [0, 0.1) is 12.7 Å². The Morgan fingerprint density at radius 3 is 2.48 bits per heavy atom. The highest BCUT2D eigenvalue weighted by Gasteiger charge is 2.04. The van der Waals surface area contributed by atoms with Crippen LogP contribution in [0.3, 0.4) is 0 Å². The zero-order valence-corrected chi connectivity index (χ0v) is 12.8. The number of nitrogens with zero attached hydrogens (tertiary/aromatic N) is 3. The molecule has 0 saturated carbocycles. The lowest BCUT2D eigenvalue weighted by Crippen LogP contribution is -2.08. The quantitative estimate of drug-likeness (QED) is 0.782. The van der Waals surface area contributed by atoms with Gasteiger partial charge in [0.1, 0.15) is 11.6 Å². The molecule has 0 radical (unpaired) electrons. The van der Waals surface area contributed by atoms with Crippen LogP contribution < -0.4 is 5.32 Å². The molecule has 0 amide bonds. The lowest BCUT2D eigenvalue weighted by Gasteiger charge is -2.09. The molecule has 0 spiro atoms. The highest BCUT2D eigenvalue weighted by atomic mass is 19.1. The lowest BCUT2D eigenvalue weighted by atomic mass is 10.1. The van der Waals surface area contributed by atoms with Crippen LogP contribution in [0.1, 0.15) is 11.3 Å². The third kappa shape index (κ3) is 4.10. The molecule has 0 unspecified atom stereocenters. The van der Waals surface area contributed by atoms with Crippen LogP contribution in [0.25, 0.3) is 11.4 Å². The Morgan fingerprint density at radius 1 is 1.00 bits per heavy atom. The van der Waals surface area contributed by atoms with Crippen molar-refractivity contribution in [1.82, 2.24) is 15.0 Å². The summed E-state index contributed by atoms with van der Waals surface area (Å²) in [4.78, 5) is 13.0. The Morgan fingerprint density at radius 2 is 1.74 bits per heavy atom. The highest BCUT2D eigenvalue weighted by molar-refractivity contribution is 5.56. The van der Waals surface area contributed by atoms with E-state index < -0.39 is 0 Å². The number of aryl methyl sites for hydroxylation is 1. The standard InChI is InChI=1S/C18H17FN4/c1-13-12-17(21-11-6-14-2-4-16(19)5-3-14)23-18(22-13)15-7-9-20-10-8-15/h2-5,7-10,12H,6,11H2,1H3,(H,21,22,23). The summed E-state index contributed by atoms with van der Waals surface area (Å²) in [6.07, 6.45) is 4.25. The van der Waals surface area contributed by atoms with Crippen LogP contribution in [0.15, 0.2) is 54.9 Å². The third-order valence-corrected chi connectivity index (χ3v) is 3.43. The fourth-order valence-electron chi connectivity index (χ4n) is 2.28. The minimum absolute atomic E-state index is 0.213. The average Bonchev–Trinajstić information content (AvgIpc) is 2.57. The Labute approximate surface area is 134 Å². The first-order valence-corrected chi connectivity index (χ1v) is 7.45. The van der Waals surface area contributed by atoms with Gasteiger partial charge in [0.15, 0.2) is 5.82 Å². The molecule has 0 bridgehead atoms. The number of nitrogens with one attached hydrogen (secondary N) is 1. The summed E-state index contributed by atoms with van der Waals surface area (Å²) >= 11 is 0. The maximum Gasteiger partial charge on any atom is 0.161 e. The normalized spacial score (nSPS) is 10.5. The van der Waals surface area contributed by atoms with Gasteiger partial charge in [0.2, 0.25) is 0 Å². The van der Waals surface area contributed by atoms with E-state index in [0.717, 1.165) is 35.6 Å². The Kier molecular flexibility index (Phi) is 4.57. The van der Waals surface area contributed by atoms with Gasteiger partial charge in [0, 0.05) is 36.3 Å². The number of pyridine rings is 1. The van der Waals surface area contributed by atoms with Crippen molar-refractivity contribution in [3.63, 3.8) is 0 Å². The van der Waals surface area contributed by atoms with Crippen molar-refractivity contribution in [2.45, 2.75) is 13.3 Å². The number of aromatic nitrogens is 3. The smallest absolute Gasteiger partial charge is 0.161 e. The van der Waals surface area contributed by atoms with Gasteiger partial charge in [0.25, 0.3) is 0 Å². The van der Waals surface area contributed by atoms with Gasteiger partial charge < -0.3 is 5.32 Å². The van der Waals surface area contributed by atoms with Crippen molar-refractivity contribution >= 4 is 5.82 Å². The van der Waals surface area contributed by atoms with Crippen molar-refractivity contribution in [3.8, 4) is 11.4 Å². The second-order valence-electron chi connectivity index (χ2n) is 5.26. The molecule has 23 heavy (non-hydrogen) atoms. The molecule has 1 aromatic carbocycles. The third-order valence-electron chi connectivity index (χ3n) is 3.43. The van der Waals surface area contributed by atoms with E-state index in [-0.39, 0.29) is 5.82 Å². The molecule has 2 heterocycles. The van der Waals surface area contributed by atoms with Gasteiger partial charge in [-0.1, -0.05) is 12.1 Å².